The molecule has 7 nitrogen and oxygen atoms in total. The summed E-state index contributed by atoms with van der Waals surface area (Å²) in [5.74, 6) is 0. The van der Waals surface area contributed by atoms with E-state index in [1.165, 1.54) is 70.6 Å². The molecule has 0 heterocycles. The van der Waals surface area contributed by atoms with E-state index in [1.54, 1.807) is 0 Å². The maximum Gasteiger partial charge on any atom is 1.00 e. The van der Waals surface area contributed by atoms with E-state index in [4.69, 9.17) is 0 Å². The average molecular weight is 434 g/mol. The van der Waals surface area contributed by atoms with E-state index in [2.05, 4.69) is 31.1 Å². The van der Waals surface area contributed by atoms with Crippen molar-refractivity contribution in [2.24, 2.45) is 0 Å². The molecule has 0 fully saturated rings. The van der Waals surface area contributed by atoms with Crippen molar-refractivity contribution in [2.45, 2.75) is 110 Å². The fourth-order valence-electron chi connectivity index (χ4n) is 2.65. The van der Waals surface area contributed by atoms with Crippen LogP contribution in [-0.4, -0.2) is 13.2 Å². The van der Waals surface area contributed by atoms with Crippen LogP contribution in [0.3, 0.4) is 0 Å². The first-order valence-electron chi connectivity index (χ1n) is 10.7. The number of hydrogen-bond donors (Lipinski definition) is 0. The molecule has 0 aromatic rings. The smallest absolute Gasteiger partial charge is 0.753 e. The first kappa shape index (κ1) is 31.2. The topological polar surface area (TPSA) is 86.3 Å². The zero-order valence-corrected chi connectivity index (χ0v) is 21.2. The second kappa shape index (κ2) is 24.3. The zero-order chi connectivity index (χ0) is 20.1. The summed E-state index contributed by atoms with van der Waals surface area (Å²) in [6.07, 6.45) is 18.3. The first-order valence-corrected chi connectivity index (χ1v) is 12.2. The Labute approximate surface area is 193 Å². The van der Waals surface area contributed by atoms with Gasteiger partial charge < -0.3 is 4.89 Å². The second-order valence-corrected chi connectivity index (χ2v) is 8.10. The van der Waals surface area contributed by atoms with E-state index in [1.807, 2.05) is 6.92 Å². The Morgan fingerprint density at radius 2 is 1.07 bits per heavy atom. The van der Waals surface area contributed by atoms with Gasteiger partial charge in [0, 0.05) is 0 Å². The molecule has 0 aromatic heterocycles. The number of hydrogen-bond acceptors (Lipinski definition) is 7. The molecular weight excluding hydrogens is 394 g/mol. The number of rotatable bonds is 22. The third kappa shape index (κ3) is 25.0. The van der Waals surface area contributed by atoms with E-state index in [-0.39, 0.29) is 42.8 Å². The minimum atomic E-state index is -4.64. The predicted molar refractivity (Wildman–Crippen MR) is 103 cm³/mol. The molecule has 0 aliphatic carbocycles. The molecule has 164 valence electrons. The van der Waals surface area contributed by atoms with Crippen LogP contribution in [-0.2, 0) is 28.7 Å². The summed E-state index contributed by atoms with van der Waals surface area (Å²) in [6, 6.07) is 0. The Balaban J connectivity index is 0. The van der Waals surface area contributed by atoms with Crippen LogP contribution in [0.2, 0.25) is 0 Å². The van der Waals surface area contributed by atoms with Gasteiger partial charge in [-0.2, -0.15) is 4.67 Å². The maximum absolute atomic E-state index is 11.2. The van der Waals surface area contributed by atoms with E-state index in [0.717, 1.165) is 19.3 Å². The molecular formula is C19H40NaO7P. The Bertz CT molecular complexity index is 348. The number of unbranched alkanes of at least 4 members (excludes halogenated alkanes) is 13. The van der Waals surface area contributed by atoms with Gasteiger partial charge in [0.1, 0.15) is 0 Å². The van der Waals surface area contributed by atoms with E-state index < -0.39 is 7.82 Å². The van der Waals surface area contributed by atoms with E-state index in [9.17, 15) is 9.46 Å². The molecule has 9 heteroatoms. The average Bonchev–Trinajstić information content (AvgIpc) is 2.65. The van der Waals surface area contributed by atoms with Crippen molar-refractivity contribution in [3.05, 3.63) is 0 Å². The second-order valence-electron chi connectivity index (χ2n) is 6.90. The predicted octanol–water partition coefficient (Wildman–Crippen LogP) is 3.18. The van der Waals surface area contributed by atoms with Gasteiger partial charge in [-0.1, -0.05) is 102 Å². The van der Waals surface area contributed by atoms with Crippen LogP contribution in [0.4, 0.5) is 0 Å². The van der Waals surface area contributed by atoms with Crippen molar-refractivity contribution in [2.75, 3.05) is 13.2 Å². The summed E-state index contributed by atoms with van der Waals surface area (Å²) in [6.45, 7) is 4.52. The standard InChI is InChI=1S/C19H41O7P.Na/c1-3-5-6-7-8-9-10-11-12-13-14-15-16-17-19-23-25-27(20,21)26-24-22-18-4-2;/h3-19H2,1-2H3,(H,20,21);/q;+1/p-1. The molecule has 0 spiro atoms. The van der Waals surface area contributed by atoms with Gasteiger partial charge in [-0.25, -0.2) is 9.78 Å². The van der Waals surface area contributed by atoms with E-state index in [0.29, 0.717) is 6.42 Å². The van der Waals surface area contributed by atoms with Gasteiger partial charge >= 0.3 is 37.4 Å². The molecule has 0 aliphatic rings. The quantitative estimate of drug-likeness (QED) is 0.0850. The van der Waals surface area contributed by atoms with Crippen molar-refractivity contribution >= 4 is 7.82 Å². The minimum absolute atomic E-state index is 0. The van der Waals surface area contributed by atoms with E-state index >= 15 is 0 Å². The maximum atomic E-state index is 11.2. The van der Waals surface area contributed by atoms with Gasteiger partial charge in [0.2, 0.25) is 0 Å². The summed E-state index contributed by atoms with van der Waals surface area (Å²) >= 11 is 0. The largest absolute Gasteiger partial charge is 1.00 e. The molecule has 1 unspecified atom stereocenters. The molecule has 0 aromatic carbocycles. The first-order chi connectivity index (χ1) is 13.1. The van der Waals surface area contributed by atoms with Gasteiger partial charge in [0.15, 0.2) is 0 Å². The fraction of sp³-hybridized carbons (Fsp3) is 1.00. The van der Waals surface area contributed by atoms with Crippen LogP contribution < -0.4 is 34.5 Å². The monoisotopic (exact) mass is 434 g/mol. The van der Waals surface area contributed by atoms with Gasteiger partial charge in [-0.3, -0.25) is 4.57 Å². The van der Waals surface area contributed by atoms with Crippen molar-refractivity contribution in [1.82, 2.24) is 0 Å². The molecule has 0 N–H and O–H groups in total. The molecule has 0 saturated heterocycles. The van der Waals surface area contributed by atoms with Gasteiger partial charge in [-0.15, -0.1) is 4.67 Å². The van der Waals surface area contributed by atoms with Gasteiger partial charge in [0.05, 0.1) is 13.2 Å². The Hall–Kier alpha value is 0.990. The molecule has 0 saturated carbocycles. The Morgan fingerprint density at radius 3 is 1.54 bits per heavy atom. The molecule has 0 rings (SSSR count). The SMILES string of the molecule is CCCCCCCCCCCCCCCCOOP(=O)([O-])OOOCCC.[Na+]. The van der Waals surface area contributed by atoms with Crippen LogP contribution in [0.25, 0.3) is 0 Å². The summed E-state index contributed by atoms with van der Waals surface area (Å²) in [7, 11) is -4.64. The van der Waals surface area contributed by atoms with Crippen LogP contribution in [0, 0.1) is 0 Å². The molecule has 28 heavy (non-hydrogen) atoms. The van der Waals surface area contributed by atoms with Crippen molar-refractivity contribution < 1.29 is 63.2 Å². The van der Waals surface area contributed by atoms with Crippen molar-refractivity contribution in [1.29, 1.82) is 0 Å². The molecule has 0 aliphatic heterocycles. The van der Waals surface area contributed by atoms with Crippen LogP contribution >= 0.6 is 7.82 Å². The van der Waals surface area contributed by atoms with Gasteiger partial charge in [-0.05, 0) is 12.8 Å². The normalized spacial score (nSPS) is 13.2. The summed E-state index contributed by atoms with van der Waals surface area (Å²) in [5, 5.41) is 4.04. The molecule has 0 radical (unpaired) electrons. The van der Waals surface area contributed by atoms with Crippen LogP contribution in [0.15, 0.2) is 0 Å². The fourth-order valence-corrected chi connectivity index (χ4v) is 2.99. The third-order valence-electron chi connectivity index (χ3n) is 4.18. The summed E-state index contributed by atoms with van der Waals surface area (Å²) in [5.41, 5.74) is 0. The third-order valence-corrected chi connectivity index (χ3v) is 4.71. The minimum Gasteiger partial charge on any atom is -0.753 e. The summed E-state index contributed by atoms with van der Waals surface area (Å²) < 4.78 is 19.4. The van der Waals surface area contributed by atoms with Crippen LogP contribution in [0.5, 0.6) is 0 Å². The molecule has 0 bridgehead atoms. The number of phosphoric acid groups is 1. The van der Waals surface area contributed by atoms with Gasteiger partial charge in [0.25, 0.3) is 0 Å². The van der Waals surface area contributed by atoms with Crippen molar-refractivity contribution in [3.8, 4) is 0 Å². The van der Waals surface area contributed by atoms with Crippen LogP contribution in [0.1, 0.15) is 110 Å². The summed E-state index contributed by atoms with van der Waals surface area (Å²) in [4.78, 5) is 20.2. The molecule has 0 amide bonds. The molecule has 1 atom stereocenters. The Morgan fingerprint density at radius 1 is 0.607 bits per heavy atom. The van der Waals surface area contributed by atoms with Crippen molar-refractivity contribution in [3.63, 3.8) is 0 Å². The Kier molecular flexibility index (Phi) is 27.0. The zero-order valence-electron chi connectivity index (χ0n) is 18.3.